The highest BCUT2D eigenvalue weighted by molar-refractivity contribution is 6.31. The van der Waals surface area contributed by atoms with Gasteiger partial charge in [0.15, 0.2) is 0 Å². The van der Waals surface area contributed by atoms with E-state index in [2.05, 4.69) is 0 Å². The summed E-state index contributed by atoms with van der Waals surface area (Å²) in [5, 5.41) is 8.99. The Morgan fingerprint density at radius 2 is 2.31 bits per heavy atom. The van der Waals surface area contributed by atoms with Gasteiger partial charge in [0.25, 0.3) is 0 Å². The molecule has 0 aliphatic rings. The van der Waals surface area contributed by atoms with Crippen LogP contribution < -0.4 is 0 Å². The quantitative estimate of drug-likeness (QED) is 0.714. The molecular formula is C10H9ClFN. The van der Waals surface area contributed by atoms with Gasteiger partial charge in [-0.3, -0.25) is 4.39 Å². The summed E-state index contributed by atoms with van der Waals surface area (Å²) in [6.45, 7) is 1.36. The number of alkyl halides is 1. The van der Waals surface area contributed by atoms with E-state index in [9.17, 15) is 4.39 Å². The van der Waals surface area contributed by atoms with Crippen LogP contribution in [0.15, 0.2) is 18.2 Å². The minimum Gasteiger partial charge on any atom is -0.250 e. The molecule has 0 saturated heterocycles. The third-order valence-electron chi connectivity index (χ3n) is 1.91. The predicted molar refractivity (Wildman–Crippen MR) is 50.6 cm³/mol. The summed E-state index contributed by atoms with van der Waals surface area (Å²) < 4.78 is 12.3. The molecule has 0 N–H and O–H groups in total. The first-order valence-corrected chi connectivity index (χ1v) is 4.32. The average molecular weight is 198 g/mol. The Labute approximate surface area is 81.8 Å². The fourth-order valence-electron chi connectivity index (χ4n) is 1.02. The molecule has 1 nitrogen and oxygen atoms in total. The van der Waals surface area contributed by atoms with E-state index in [0.717, 1.165) is 5.56 Å². The molecule has 0 saturated carbocycles. The Morgan fingerprint density at radius 1 is 1.62 bits per heavy atom. The molecule has 0 aromatic heterocycles. The normalized spacial score (nSPS) is 12.2. The Hall–Kier alpha value is -1.07. The topological polar surface area (TPSA) is 23.8 Å². The van der Waals surface area contributed by atoms with Crippen LogP contribution in [-0.2, 0) is 0 Å². The third-order valence-corrected chi connectivity index (χ3v) is 2.23. The van der Waals surface area contributed by atoms with Crippen LogP contribution in [0.2, 0.25) is 5.02 Å². The highest BCUT2D eigenvalue weighted by Gasteiger charge is 2.07. The number of rotatable bonds is 2. The van der Waals surface area contributed by atoms with Gasteiger partial charge in [-0.1, -0.05) is 24.6 Å². The molecule has 0 spiro atoms. The van der Waals surface area contributed by atoms with Crippen LogP contribution in [0.5, 0.6) is 0 Å². The zero-order valence-corrected chi connectivity index (χ0v) is 7.98. The van der Waals surface area contributed by atoms with Crippen LogP contribution in [0.3, 0.4) is 0 Å². The summed E-state index contributed by atoms with van der Waals surface area (Å²) in [5.74, 6) is -0.162. The molecule has 0 radical (unpaired) electrons. The summed E-state index contributed by atoms with van der Waals surface area (Å²) in [4.78, 5) is 0. The van der Waals surface area contributed by atoms with Crippen LogP contribution >= 0.6 is 11.6 Å². The molecule has 1 aromatic rings. The summed E-state index contributed by atoms with van der Waals surface area (Å²) >= 11 is 5.79. The molecule has 0 heterocycles. The lowest BCUT2D eigenvalue weighted by Crippen LogP contribution is -1.95. The van der Waals surface area contributed by atoms with Crippen molar-refractivity contribution in [3.05, 3.63) is 34.3 Å². The van der Waals surface area contributed by atoms with Crippen molar-refractivity contribution >= 4 is 11.6 Å². The number of nitriles is 1. The Kier molecular flexibility index (Phi) is 3.27. The molecule has 1 unspecified atom stereocenters. The van der Waals surface area contributed by atoms with Crippen LogP contribution in [-0.4, -0.2) is 6.67 Å². The van der Waals surface area contributed by atoms with Crippen LogP contribution in [0.25, 0.3) is 0 Å². The summed E-state index contributed by atoms with van der Waals surface area (Å²) in [6.07, 6.45) is 0. The van der Waals surface area contributed by atoms with Gasteiger partial charge in [0.2, 0.25) is 0 Å². The van der Waals surface area contributed by atoms with Gasteiger partial charge in [0.05, 0.1) is 17.3 Å². The first kappa shape index (κ1) is 10.0. The Morgan fingerprint density at radius 3 is 2.77 bits per heavy atom. The van der Waals surface area contributed by atoms with Crippen LogP contribution in [0.1, 0.15) is 24.0 Å². The van der Waals surface area contributed by atoms with Gasteiger partial charge in [-0.15, -0.1) is 0 Å². The van der Waals surface area contributed by atoms with E-state index in [0.29, 0.717) is 10.6 Å². The predicted octanol–water partition coefficient (Wildman–Crippen LogP) is 3.28. The summed E-state index contributed by atoms with van der Waals surface area (Å²) in [5.41, 5.74) is 1.25. The minimum absolute atomic E-state index is 0.162. The summed E-state index contributed by atoms with van der Waals surface area (Å²) in [6, 6.07) is 6.94. The second kappa shape index (κ2) is 4.25. The highest BCUT2D eigenvalue weighted by Crippen LogP contribution is 2.22. The molecular weight excluding hydrogens is 189 g/mol. The number of nitrogens with zero attached hydrogens (tertiary/aromatic N) is 1. The van der Waals surface area contributed by atoms with Gasteiger partial charge in [0.1, 0.15) is 6.07 Å². The molecule has 1 aromatic carbocycles. The lowest BCUT2D eigenvalue weighted by Gasteiger charge is -2.07. The highest BCUT2D eigenvalue weighted by atomic mass is 35.5. The van der Waals surface area contributed by atoms with E-state index < -0.39 is 6.67 Å². The zero-order chi connectivity index (χ0) is 9.84. The zero-order valence-electron chi connectivity index (χ0n) is 7.22. The molecule has 0 fully saturated rings. The van der Waals surface area contributed by atoms with E-state index >= 15 is 0 Å². The molecule has 0 aliphatic heterocycles. The van der Waals surface area contributed by atoms with Crippen molar-refractivity contribution in [3.8, 4) is 6.07 Å². The molecule has 1 atom stereocenters. The molecule has 68 valence electrons. The van der Waals surface area contributed by atoms with Gasteiger partial charge in [-0.05, 0) is 17.7 Å². The van der Waals surface area contributed by atoms with Crippen molar-refractivity contribution in [3.63, 3.8) is 0 Å². The lowest BCUT2D eigenvalue weighted by atomic mass is 10.0. The largest absolute Gasteiger partial charge is 0.250 e. The van der Waals surface area contributed by atoms with Crippen molar-refractivity contribution in [1.82, 2.24) is 0 Å². The molecule has 13 heavy (non-hydrogen) atoms. The first-order chi connectivity index (χ1) is 6.19. The maximum Gasteiger partial charge on any atom is 0.101 e. The fraction of sp³-hybridized carbons (Fsp3) is 0.300. The van der Waals surface area contributed by atoms with Gasteiger partial charge in [-0.25, -0.2) is 0 Å². The molecule has 0 bridgehead atoms. The molecule has 0 aliphatic carbocycles. The van der Waals surface area contributed by atoms with Crippen molar-refractivity contribution in [2.45, 2.75) is 12.8 Å². The van der Waals surface area contributed by atoms with Crippen molar-refractivity contribution in [1.29, 1.82) is 5.26 Å². The second-order valence-electron chi connectivity index (χ2n) is 2.91. The van der Waals surface area contributed by atoms with Gasteiger partial charge < -0.3 is 0 Å². The number of hydrogen-bond donors (Lipinski definition) is 0. The van der Waals surface area contributed by atoms with Gasteiger partial charge in [0, 0.05) is 5.92 Å². The molecule has 0 amide bonds. The SMILES string of the molecule is CC(CF)c1ccc(C#N)c(Cl)c1. The van der Waals surface area contributed by atoms with Crippen molar-refractivity contribution < 1.29 is 4.39 Å². The third kappa shape index (κ3) is 2.19. The maximum absolute atomic E-state index is 12.3. The van der Waals surface area contributed by atoms with E-state index in [-0.39, 0.29) is 5.92 Å². The lowest BCUT2D eigenvalue weighted by molar-refractivity contribution is 0.447. The summed E-state index contributed by atoms with van der Waals surface area (Å²) in [7, 11) is 0. The average Bonchev–Trinajstić information content (AvgIpc) is 2.16. The second-order valence-corrected chi connectivity index (χ2v) is 3.31. The molecule has 3 heteroatoms. The first-order valence-electron chi connectivity index (χ1n) is 3.94. The van der Waals surface area contributed by atoms with E-state index in [1.807, 2.05) is 6.07 Å². The number of halogens is 2. The standard InChI is InChI=1S/C10H9ClFN/c1-7(5-12)8-2-3-9(6-13)10(11)4-8/h2-4,7H,5H2,1H3. The minimum atomic E-state index is -0.414. The van der Waals surface area contributed by atoms with Crippen molar-refractivity contribution in [2.75, 3.05) is 6.67 Å². The smallest absolute Gasteiger partial charge is 0.101 e. The number of hydrogen-bond acceptors (Lipinski definition) is 1. The monoisotopic (exact) mass is 197 g/mol. The molecule has 1 rings (SSSR count). The van der Waals surface area contributed by atoms with Crippen molar-refractivity contribution in [2.24, 2.45) is 0 Å². The van der Waals surface area contributed by atoms with E-state index in [1.165, 1.54) is 0 Å². The van der Waals surface area contributed by atoms with Crippen LogP contribution in [0.4, 0.5) is 4.39 Å². The fourth-order valence-corrected chi connectivity index (χ4v) is 1.25. The van der Waals surface area contributed by atoms with E-state index in [4.69, 9.17) is 16.9 Å². The maximum atomic E-state index is 12.3. The van der Waals surface area contributed by atoms with Crippen LogP contribution in [0, 0.1) is 11.3 Å². The van der Waals surface area contributed by atoms with Gasteiger partial charge in [-0.2, -0.15) is 5.26 Å². The Bertz CT molecular complexity index is 343. The Balaban J connectivity index is 3.04. The van der Waals surface area contributed by atoms with E-state index in [1.54, 1.807) is 25.1 Å². The van der Waals surface area contributed by atoms with Gasteiger partial charge >= 0.3 is 0 Å². The number of benzene rings is 1.